The van der Waals surface area contributed by atoms with E-state index in [9.17, 15) is 9.59 Å². The van der Waals surface area contributed by atoms with Crippen molar-refractivity contribution in [1.82, 2.24) is 5.32 Å². The lowest BCUT2D eigenvalue weighted by Crippen LogP contribution is -2.37. The zero-order chi connectivity index (χ0) is 8.69. The average Bonchev–Trinajstić information content (AvgIpc) is 1.97. The Kier molecular flexibility index (Phi) is 5.64. The molecule has 5 heteroatoms. The fraction of sp³-hybridized carbons (Fsp3) is 0.667. The molecule has 0 fully saturated rings. The van der Waals surface area contributed by atoms with E-state index >= 15 is 0 Å². The summed E-state index contributed by atoms with van der Waals surface area (Å²) in [6.07, 6.45) is 0.412. The second kappa shape index (κ2) is 6.03. The lowest BCUT2D eigenvalue weighted by molar-refractivity contribution is -0.139. The molecule has 0 aromatic rings. The van der Waals surface area contributed by atoms with Crippen molar-refractivity contribution in [2.45, 2.75) is 13.0 Å². The molecule has 0 aliphatic heterocycles. The molecule has 2 N–H and O–H groups in total. The van der Waals surface area contributed by atoms with E-state index in [1.54, 1.807) is 0 Å². The summed E-state index contributed by atoms with van der Waals surface area (Å²) in [5.41, 5.74) is 0. The number of aliphatic carboxylic acids is 1. The molecule has 0 aliphatic rings. The van der Waals surface area contributed by atoms with Crippen LogP contribution in [0.15, 0.2) is 0 Å². The van der Waals surface area contributed by atoms with Gasteiger partial charge in [0, 0.05) is 5.75 Å². The topological polar surface area (TPSA) is 66.4 Å². The Balaban J connectivity index is 3.69. The molecule has 0 aromatic carbocycles. The van der Waals surface area contributed by atoms with Crippen molar-refractivity contribution in [3.63, 3.8) is 0 Å². The first kappa shape index (κ1) is 10.3. The standard InChI is InChI=1S/C6H11NO3S/c1-2-11-3-5(6(9)10)7-4-8/h4-5H,2-3H2,1H3,(H,7,8)(H,9,10)/t5-/m0/s1. The third-order valence-corrected chi connectivity index (χ3v) is 2.03. The summed E-state index contributed by atoms with van der Waals surface area (Å²) in [4.78, 5) is 20.3. The van der Waals surface area contributed by atoms with Gasteiger partial charge >= 0.3 is 5.97 Å². The number of thioether (sulfide) groups is 1. The Morgan fingerprint density at radius 3 is 2.82 bits per heavy atom. The van der Waals surface area contributed by atoms with E-state index in [0.29, 0.717) is 12.2 Å². The maximum atomic E-state index is 10.4. The first-order valence-electron chi connectivity index (χ1n) is 3.22. The van der Waals surface area contributed by atoms with Crippen LogP contribution in [0.1, 0.15) is 6.92 Å². The van der Waals surface area contributed by atoms with Gasteiger partial charge in [-0.25, -0.2) is 4.79 Å². The van der Waals surface area contributed by atoms with Gasteiger partial charge in [-0.1, -0.05) is 6.92 Å². The van der Waals surface area contributed by atoms with Crippen LogP contribution in [-0.2, 0) is 9.59 Å². The summed E-state index contributed by atoms with van der Waals surface area (Å²) >= 11 is 1.48. The largest absolute Gasteiger partial charge is 0.480 e. The molecule has 0 bridgehead atoms. The van der Waals surface area contributed by atoms with Crippen LogP contribution in [0, 0.1) is 0 Å². The lowest BCUT2D eigenvalue weighted by atomic mass is 10.3. The molecular formula is C6H11NO3S. The number of carbonyl (C=O) groups is 2. The smallest absolute Gasteiger partial charge is 0.327 e. The van der Waals surface area contributed by atoms with Crippen molar-refractivity contribution in [2.75, 3.05) is 11.5 Å². The fourth-order valence-corrected chi connectivity index (χ4v) is 1.22. The van der Waals surface area contributed by atoms with Crippen LogP contribution in [0.4, 0.5) is 0 Å². The molecule has 0 heterocycles. The summed E-state index contributed by atoms with van der Waals surface area (Å²) in [6.45, 7) is 1.94. The summed E-state index contributed by atoms with van der Waals surface area (Å²) < 4.78 is 0. The van der Waals surface area contributed by atoms with Gasteiger partial charge in [0.1, 0.15) is 6.04 Å². The number of nitrogens with one attached hydrogen (secondary N) is 1. The highest BCUT2D eigenvalue weighted by Gasteiger charge is 2.14. The summed E-state index contributed by atoms with van der Waals surface area (Å²) in [7, 11) is 0. The van der Waals surface area contributed by atoms with Crippen LogP contribution in [0.3, 0.4) is 0 Å². The SMILES string of the molecule is CCSC[C@H](NC=O)C(=O)O. The van der Waals surface area contributed by atoms with Gasteiger partial charge in [0.2, 0.25) is 6.41 Å². The van der Waals surface area contributed by atoms with E-state index in [0.717, 1.165) is 5.75 Å². The maximum Gasteiger partial charge on any atom is 0.327 e. The van der Waals surface area contributed by atoms with Gasteiger partial charge < -0.3 is 10.4 Å². The van der Waals surface area contributed by atoms with Crippen LogP contribution in [0.5, 0.6) is 0 Å². The molecule has 4 nitrogen and oxygen atoms in total. The Hall–Kier alpha value is -0.710. The molecule has 0 saturated heterocycles. The minimum Gasteiger partial charge on any atom is -0.480 e. The molecule has 0 unspecified atom stereocenters. The first-order valence-corrected chi connectivity index (χ1v) is 4.38. The normalized spacial score (nSPS) is 12.1. The van der Waals surface area contributed by atoms with Crippen molar-refractivity contribution < 1.29 is 14.7 Å². The predicted molar refractivity (Wildman–Crippen MR) is 43.6 cm³/mol. The van der Waals surface area contributed by atoms with Crippen LogP contribution in [0.2, 0.25) is 0 Å². The van der Waals surface area contributed by atoms with Crippen LogP contribution in [-0.4, -0.2) is 35.0 Å². The molecule has 0 aromatic heterocycles. The molecule has 1 atom stereocenters. The number of carbonyl (C=O) groups excluding carboxylic acids is 1. The minimum absolute atomic E-state index is 0.412. The molecule has 0 aliphatic carbocycles. The second-order valence-electron chi connectivity index (χ2n) is 1.83. The summed E-state index contributed by atoms with van der Waals surface area (Å²) in [6, 6.07) is -0.752. The highest BCUT2D eigenvalue weighted by Crippen LogP contribution is 2.01. The van der Waals surface area contributed by atoms with Crippen molar-refractivity contribution in [2.24, 2.45) is 0 Å². The van der Waals surface area contributed by atoms with Gasteiger partial charge in [0.05, 0.1) is 0 Å². The Bertz CT molecular complexity index is 140. The minimum atomic E-state index is -0.988. The number of rotatable bonds is 6. The molecule has 0 rings (SSSR count). The summed E-state index contributed by atoms with van der Waals surface area (Å²) in [5.74, 6) is 0.285. The van der Waals surface area contributed by atoms with Crippen molar-refractivity contribution in [3.05, 3.63) is 0 Å². The molecule has 0 saturated carbocycles. The molecule has 11 heavy (non-hydrogen) atoms. The van der Waals surface area contributed by atoms with E-state index < -0.39 is 12.0 Å². The number of amides is 1. The predicted octanol–water partition coefficient (Wildman–Crippen LogP) is -0.0613. The zero-order valence-electron chi connectivity index (χ0n) is 6.24. The van der Waals surface area contributed by atoms with E-state index in [2.05, 4.69) is 5.32 Å². The van der Waals surface area contributed by atoms with E-state index in [4.69, 9.17) is 5.11 Å². The zero-order valence-corrected chi connectivity index (χ0v) is 7.06. The Morgan fingerprint density at radius 1 is 1.82 bits per heavy atom. The van der Waals surface area contributed by atoms with Gasteiger partial charge in [-0.3, -0.25) is 4.79 Å². The molecule has 64 valence electrons. The van der Waals surface area contributed by atoms with Gasteiger partial charge in [-0.2, -0.15) is 11.8 Å². The summed E-state index contributed by atoms with van der Waals surface area (Å²) in [5, 5.41) is 10.7. The van der Waals surface area contributed by atoms with Crippen LogP contribution >= 0.6 is 11.8 Å². The van der Waals surface area contributed by atoms with Crippen LogP contribution in [0.25, 0.3) is 0 Å². The lowest BCUT2D eigenvalue weighted by Gasteiger charge is -2.08. The Labute approximate surface area is 69.4 Å². The van der Waals surface area contributed by atoms with Crippen molar-refractivity contribution in [1.29, 1.82) is 0 Å². The number of hydrogen-bond acceptors (Lipinski definition) is 3. The van der Waals surface area contributed by atoms with Gasteiger partial charge in [-0.05, 0) is 5.75 Å². The van der Waals surface area contributed by atoms with Gasteiger partial charge in [0.15, 0.2) is 0 Å². The third kappa shape index (κ3) is 4.66. The van der Waals surface area contributed by atoms with Gasteiger partial charge in [-0.15, -0.1) is 0 Å². The van der Waals surface area contributed by atoms with E-state index in [1.165, 1.54) is 11.8 Å². The molecule has 0 spiro atoms. The quantitative estimate of drug-likeness (QED) is 0.558. The number of hydrogen-bond donors (Lipinski definition) is 2. The van der Waals surface area contributed by atoms with Gasteiger partial charge in [0.25, 0.3) is 0 Å². The highest BCUT2D eigenvalue weighted by molar-refractivity contribution is 7.99. The molecule has 1 amide bonds. The monoisotopic (exact) mass is 177 g/mol. The first-order chi connectivity index (χ1) is 5.22. The third-order valence-electron chi connectivity index (χ3n) is 1.06. The van der Waals surface area contributed by atoms with Crippen molar-refractivity contribution >= 4 is 24.1 Å². The number of carboxylic acids is 1. The fourth-order valence-electron chi connectivity index (χ4n) is 0.509. The van der Waals surface area contributed by atoms with E-state index in [1.807, 2.05) is 6.92 Å². The van der Waals surface area contributed by atoms with Crippen LogP contribution < -0.4 is 5.32 Å². The van der Waals surface area contributed by atoms with E-state index in [-0.39, 0.29) is 0 Å². The molecular weight excluding hydrogens is 166 g/mol. The maximum absolute atomic E-state index is 10.4. The highest BCUT2D eigenvalue weighted by atomic mass is 32.2. The Morgan fingerprint density at radius 2 is 2.45 bits per heavy atom. The number of carboxylic acid groups (broad SMARTS) is 1. The van der Waals surface area contributed by atoms with Crippen molar-refractivity contribution in [3.8, 4) is 0 Å². The average molecular weight is 177 g/mol. The molecule has 0 radical (unpaired) electrons. The second-order valence-corrected chi connectivity index (χ2v) is 3.15.